The first kappa shape index (κ1) is 24.3. The van der Waals surface area contributed by atoms with Crippen LogP contribution in [0.5, 0.6) is 0 Å². The van der Waals surface area contributed by atoms with Gasteiger partial charge in [-0.05, 0) is 12.8 Å². The second-order valence-corrected chi connectivity index (χ2v) is 5.67. The molecule has 0 aliphatic heterocycles. The number of rotatable bonds is 11. The lowest BCUT2D eigenvalue weighted by molar-refractivity contribution is 0.305. The maximum absolute atomic E-state index is 8.44. The van der Waals surface area contributed by atoms with Crippen molar-refractivity contribution in [2.24, 2.45) is 0 Å². The van der Waals surface area contributed by atoms with Gasteiger partial charge in [0, 0.05) is 19.3 Å². The molecule has 0 aromatic rings. The zero-order chi connectivity index (χ0) is 17.4. The van der Waals surface area contributed by atoms with Crippen LogP contribution in [0.1, 0.15) is 97.3 Å². The summed E-state index contributed by atoms with van der Waals surface area (Å²) in [4.78, 5) is 0. The van der Waals surface area contributed by atoms with Crippen LogP contribution >= 0.6 is 0 Å². The highest BCUT2D eigenvalue weighted by atomic mass is 16.3. The molecule has 2 N–H and O–H groups in total. The van der Waals surface area contributed by atoms with Gasteiger partial charge in [-0.2, -0.15) is 0 Å². The quantitative estimate of drug-likeness (QED) is 0.411. The minimum Gasteiger partial charge on any atom is -0.395 e. The summed E-state index contributed by atoms with van der Waals surface area (Å²) in [5.41, 5.74) is 0. The van der Waals surface area contributed by atoms with Crippen LogP contribution in [0, 0.1) is 23.7 Å². The number of hydrogen-bond acceptors (Lipinski definition) is 2. The summed E-state index contributed by atoms with van der Waals surface area (Å²) in [7, 11) is 0. The van der Waals surface area contributed by atoms with Crippen LogP contribution in [0.3, 0.4) is 0 Å². The SMILES string of the molecule is CCCCCCCC#CCCO.CCCCCCCC#CCO. The van der Waals surface area contributed by atoms with E-state index in [-0.39, 0.29) is 13.2 Å². The molecular weight excluding hydrogens is 284 g/mol. The molecule has 23 heavy (non-hydrogen) atoms. The second kappa shape index (κ2) is 26.0. The van der Waals surface area contributed by atoms with E-state index in [4.69, 9.17) is 10.2 Å². The Hall–Kier alpha value is -0.960. The molecule has 0 spiro atoms. The molecule has 0 aliphatic carbocycles. The van der Waals surface area contributed by atoms with Crippen LogP contribution in [-0.4, -0.2) is 23.4 Å². The molecule has 0 radical (unpaired) electrons. The van der Waals surface area contributed by atoms with Crippen molar-refractivity contribution in [2.75, 3.05) is 13.2 Å². The van der Waals surface area contributed by atoms with E-state index < -0.39 is 0 Å². The van der Waals surface area contributed by atoms with Crippen molar-refractivity contribution >= 4 is 0 Å². The van der Waals surface area contributed by atoms with Crippen molar-refractivity contribution in [1.29, 1.82) is 0 Å². The Morgan fingerprint density at radius 2 is 0.957 bits per heavy atom. The first-order valence-corrected chi connectivity index (χ1v) is 9.46. The Morgan fingerprint density at radius 1 is 0.522 bits per heavy atom. The van der Waals surface area contributed by atoms with Crippen LogP contribution < -0.4 is 0 Å². The van der Waals surface area contributed by atoms with Crippen LogP contribution in [0.4, 0.5) is 0 Å². The van der Waals surface area contributed by atoms with Crippen LogP contribution in [-0.2, 0) is 0 Å². The molecule has 0 aliphatic rings. The van der Waals surface area contributed by atoms with Gasteiger partial charge in [-0.15, -0.1) is 17.8 Å². The van der Waals surface area contributed by atoms with Crippen molar-refractivity contribution in [3.63, 3.8) is 0 Å². The Bertz CT molecular complexity index is 314. The van der Waals surface area contributed by atoms with Crippen LogP contribution in [0.15, 0.2) is 0 Å². The van der Waals surface area contributed by atoms with Crippen LogP contribution in [0.25, 0.3) is 0 Å². The average molecular weight is 323 g/mol. The smallest absolute Gasteiger partial charge is 0.104 e. The molecule has 0 saturated heterocycles. The molecule has 0 fully saturated rings. The Morgan fingerprint density at radius 3 is 1.39 bits per heavy atom. The molecule has 2 nitrogen and oxygen atoms in total. The fourth-order valence-electron chi connectivity index (χ4n) is 2.01. The highest BCUT2D eigenvalue weighted by Crippen LogP contribution is 2.04. The summed E-state index contributed by atoms with van der Waals surface area (Å²) in [6, 6.07) is 0. The van der Waals surface area contributed by atoms with Crippen molar-refractivity contribution < 1.29 is 10.2 Å². The number of unbranched alkanes of at least 4 members (excludes halogenated alkanes) is 10. The zero-order valence-corrected chi connectivity index (χ0v) is 15.5. The molecule has 2 heteroatoms. The summed E-state index contributed by atoms with van der Waals surface area (Å²) in [6.45, 7) is 4.64. The normalized spacial score (nSPS) is 9.04. The number of aliphatic hydroxyl groups excluding tert-OH is 2. The summed E-state index contributed by atoms with van der Waals surface area (Å²) >= 11 is 0. The molecule has 0 amide bonds. The molecule has 134 valence electrons. The van der Waals surface area contributed by atoms with Gasteiger partial charge in [-0.25, -0.2) is 0 Å². The standard InChI is InChI=1S/C11H20O.C10H18O/c1-2-3-4-5-6-7-8-9-10-11-12;1-2-3-4-5-6-7-8-9-10-11/h12H,2-7,10-11H2,1H3;11H,2-7,10H2,1H3. The van der Waals surface area contributed by atoms with E-state index in [1.165, 1.54) is 64.2 Å². The molecular formula is C21H38O2. The molecule has 0 rings (SSSR count). The van der Waals surface area contributed by atoms with Gasteiger partial charge < -0.3 is 10.2 Å². The van der Waals surface area contributed by atoms with E-state index in [0.717, 1.165) is 12.8 Å². The molecule has 0 atom stereocenters. The van der Waals surface area contributed by atoms with Gasteiger partial charge in [0.2, 0.25) is 0 Å². The van der Waals surface area contributed by atoms with Crippen molar-refractivity contribution in [3.8, 4) is 23.7 Å². The van der Waals surface area contributed by atoms with Gasteiger partial charge in [0.15, 0.2) is 0 Å². The lowest BCUT2D eigenvalue weighted by Crippen LogP contribution is -1.78. The molecule has 0 bridgehead atoms. The van der Waals surface area contributed by atoms with Crippen molar-refractivity contribution in [2.45, 2.75) is 97.3 Å². The van der Waals surface area contributed by atoms with Crippen LogP contribution in [0.2, 0.25) is 0 Å². The number of aliphatic hydroxyl groups is 2. The second-order valence-electron chi connectivity index (χ2n) is 5.67. The molecule has 0 unspecified atom stereocenters. The van der Waals surface area contributed by atoms with Gasteiger partial charge in [-0.1, -0.05) is 71.1 Å². The predicted molar refractivity (Wildman–Crippen MR) is 101 cm³/mol. The Labute approximate surface area is 145 Å². The topological polar surface area (TPSA) is 40.5 Å². The highest BCUT2D eigenvalue weighted by molar-refractivity contribution is 4.98. The van der Waals surface area contributed by atoms with E-state index >= 15 is 0 Å². The lowest BCUT2D eigenvalue weighted by Gasteiger charge is -1.94. The third-order valence-electron chi connectivity index (χ3n) is 3.38. The van der Waals surface area contributed by atoms with E-state index in [1.807, 2.05) is 0 Å². The molecule has 0 aromatic heterocycles. The number of hydrogen-bond donors (Lipinski definition) is 2. The van der Waals surface area contributed by atoms with E-state index in [1.54, 1.807) is 0 Å². The lowest BCUT2D eigenvalue weighted by atomic mass is 10.1. The van der Waals surface area contributed by atoms with E-state index in [2.05, 4.69) is 37.5 Å². The third-order valence-corrected chi connectivity index (χ3v) is 3.38. The summed E-state index contributed by atoms with van der Waals surface area (Å²) < 4.78 is 0. The molecule has 0 aromatic carbocycles. The third kappa shape index (κ3) is 29.6. The minimum absolute atomic E-state index is 0.00889. The summed E-state index contributed by atoms with van der Waals surface area (Å²) in [5, 5.41) is 16.8. The first-order chi connectivity index (χ1) is 11.3. The largest absolute Gasteiger partial charge is 0.395 e. The monoisotopic (exact) mass is 322 g/mol. The fraction of sp³-hybridized carbons (Fsp3) is 0.810. The first-order valence-electron chi connectivity index (χ1n) is 9.46. The van der Waals surface area contributed by atoms with E-state index in [0.29, 0.717) is 6.42 Å². The van der Waals surface area contributed by atoms with Gasteiger partial charge in [0.25, 0.3) is 0 Å². The maximum atomic E-state index is 8.44. The van der Waals surface area contributed by atoms with E-state index in [9.17, 15) is 0 Å². The molecule has 0 saturated carbocycles. The summed E-state index contributed by atoms with van der Waals surface area (Å²) in [5.74, 6) is 11.5. The zero-order valence-electron chi connectivity index (χ0n) is 15.5. The summed E-state index contributed by atoms with van der Waals surface area (Å²) in [6.07, 6.45) is 15.6. The van der Waals surface area contributed by atoms with Gasteiger partial charge in [-0.3, -0.25) is 0 Å². The maximum Gasteiger partial charge on any atom is 0.104 e. The predicted octanol–water partition coefficient (Wildman–Crippen LogP) is 5.08. The molecule has 0 heterocycles. The fourth-order valence-corrected chi connectivity index (χ4v) is 2.01. The average Bonchev–Trinajstić information content (AvgIpc) is 2.57. The minimum atomic E-state index is 0.00889. The van der Waals surface area contributed by atoms with Gasteiger partial charge >= 0.3 is 0 Å². The van der Waals surface area contributed by atoms with Gasteiger partial charge in [0.1, 0.15) is 6.61 Å². The Balaban J connectivity index is 0. The van der Waals surface area contributed by atoms with Gasteiger partial charge in [0.05, 0.1) is 6.61 Å². The van der Waals surface area contributed by atoms with Crippen molar-refractivity contribution in [3.05, 3.63) is 0 Å². The van der Waals surface area contributed by atoms with Crippen molar-refractivity contribution in [1.82, 2.24) is 0 Å². The highest BCUT2D eigenvalue weighted by Gasteiger charge is 1.86. The Kier molecular flexibility index (Phi) is 27.4.